The monoisotopic (exact) mass is 520 g/mol. The molecule has 0 fully saturated rings. The van der Waals surface area contributed by atoms with Crippen LogP contribution in [0.4, 0.5) is 0 Å². The molecule has 1 N–H and O–H groups in total. The lowest BCUT2D eigenvalue weighted by molar-refractivity contribution is -0.143. The normalized spacial score (nSPS) is 11.1. The molecule has 200 valence electrons. The summed E-state index contributed by atoms with van der Waals surface area (Å²) in [7, 11) is 6.27. The van der Waals surface area contributed by atoms with Gasteiger partial charge in [0, 0.05) is 17.7 Å². The third-order valence-corrected chi connectivity index (χ3v) is 5.67. The van der Waals surface area contributed by atoms with Crippen molar-refractivity contribution < 1.29 is 28.5 Å². The number of rotatable bonds is 12. The number of aromatic nitrogens is 2. The largest absolute Gasteiger partial charge is 0.493 e. The molecule has 0 saturated carbocycles. The van der Waals surface area contributed by atoms with Crippen molar-refractivity contribution in [2.75, 3.05) is 35.0 Å². The first kappa shape index (κ1) is 28.0. The molecule has 3 rings (SSSR count). The predicted octanol–water partition coefficient (Wildman–Crippen LogP) is 4.64. The van der Waals surface area contributed by atoms with E-state index in [1.54, 1.807) is 59.6 Å². The smallest absolute Gasteiger partial charge is 0.345 e. The van der Waals surface area contributed by atoms with Crippen LogP contribution in [0.2, 0.25) is 0 Å². The summed E-state index contributed by atoms with van der Waals surface area (Å²) in [4.78, 5) is 31.6. The summed E-state index contributed by atoms with van der Waals surface area (Å²) in [6.07, 6.45) is 7.63. The molecule has 38 heavy (non-hydrogen) atoms. The topological polar surface area (TPSA) is 109 Å². The number of nitrogens with one attached hydrogen (secondary N) is 1. The third-order valence-electron chi connectivity index (χ3n) is 5.67. The number of nitrogens with zero attached hydrogens (tertiary/aromatic N) is 1. The zero-order valence-electron chi connectivity index (χ0n) is 22.2. The molecular formula is C29H32N2O7. The number of H-pyrrole nitrogens is 1. The maximum absolute atomic E-state index is 12.5. The Morgan fingerprint density at radius 2 is 1.37 bits per heavy atom. The molecule has 2 aromatic carbocycles. The summed E-state index contributed by atoms with van der Waals surface area (Å²) in [5.74, 6) is 2.05. The number of esters is 1. The van der Waals surface area contributed by atoms with Gasteiger partial charge >= 0.3 is 11.7 Å². The van der Waals surface area contributed by atoms with Crippen molar-refractivity contribution in [1.29, 1.82) is 0 Å². The van der Waals surface area contributed by atoms with Crippen LogP contribution in [0.15, 0.2) is 41.2 Å². The van der Waals surface area contributed by atoms with Crippen molar-refractivity contribution >= 4 is 30.3 Å². The molecule has 1 aromatic heterocycles. The minimum atomic E-state index is -0.510. The van der Waals surface area contributed by atoms with E-state index in [9.17, 15) is 9.59 Å². The van der Waals surface area contributed by atoms with Gasteiger partial charge in [-0.3, -0.25) is 4.79 Å². The van der Waals surface area contributed by atoms with Crippen molar-refractivity contribution in [1.82, 2.24) is 9.97 Å². The molecule has 0 aliphatic heterocycles. The Kier molecular flexibility index (Phi) is 10.1. The molecule has 0 saturated heterocycles. The van der Waals surface area contributed by atoms with E-state index in [1.807, 2.05) is 36.4 Å². The standard InChI is InChI=1S/C29H32N2O7/c1-6-38-28(32)16-11-21-22(12-7-19-9-14-24(34-2)26(17-19)36-4)30-29(33)31-23(21)13-8-20-10-15-25(35-3)27(18-20)37-5/h7-10,12-15,17-18H,6,11,16H2,1-5H3,(H,30,31,33)/b12-7+,13-8+. The Morgan fingerprint density at radius 3 is 1.89 bits per heavy atom. The van der Waals surface area contributed by atoms with Gasteiger partial charge < -0.3 is 28.7 Å². The van der Waals surface area contributed by atoms with E-state index in [0.29, 0.717) is 53.0 Å². The summed E-state index contributed by atoms with van der Waals surface area (Å²) < 4.78 is 26.5. The first-order valence-electron chi connectivity index (χ1n) is 12.0. The minimum Gasteiger partial charge on any atom is -0.493 e. The van der Waals surface area contributed by atoms with Gasteiger partial charge in [-0.25, -0.2) is 4.79 Å². The lowest BCUT2D eigenvalue weighted by Crippen LogP contribution is -2.17. The minimum absolute atomic E-state index is 0.135. The quantitative estimate of drug-likeness (QED) is 0.344. The first-order chi connectivity index (χ1) is 18.4. The van der Waals surface area contributed by atoms with Gasteiger partial charge in [-0.2, -0.15) is 4.98 Å². The van der Waals surface area contributed by atoms with Crippen LogP contribution in [0.1, 0.15) is 41.4 Å². The highest BCUT2D eigenvalue weighted by atomic mass is 16.5. The van der Waals surface area contributed by atoms with Gasteiger partial charge in [-0.1, -0.05) is 24.3 Å². The van der Waals surface area contributed by atoms with Crippen molar-refractivity contribution in [3.8, 4) is 23.0 Å². The molecule has 1 heterocycles. The second kappa shape index (κ2) is 13.7. The number of aromatic amines is 1. The van der Waals surface area contributed by atoms with Crippen LogP contribution in [-0.4, -0.2) is 51.0 Å². The number of methoxy groups -OCH3 is 4. The van der Waals surface area contributed by atoms with Gasteiger partial charge in [0.05, 0.1) is 40.7 Å². The average molecular weight is 521 g/mol. The number of benzene rings is 2. The maximum atomic E-state index is 12.5. The van der Waals surface area contributed by atoms with Gasteiger partial charge in [-0.05, 0) is 60.9 Å². The van der Waals surface area contributed by atoms with E-state index in [-0.39, 0.29) is 12.4 Å². The summed E-state index contributed by atoms with van der Waals surface area (Å²) in [5.41, 5.74) is 2.83. The second-order valence-electron chi connectivity index (χ2n) is 8.02. The molecule has 9 heteroatoms. The lowest BCUT2D eigenvalue weighted by Gasteiger charge is -2.10. The summed E-state index contributed by atoms with van der Waals surface area (Å²) >= 11 is 0. The molecule has 0 atom stereocenters. The molecule has 0 aliphatic carbocycles. The van der Waals surface area contributed by atoms with E-state index < -0.39 is 5.69 Å². The number of ether oxygens (including phenoxy) is 5. The van der Waals surface area contributed by atoms with Crippen molar-refractivity contribution in [3.05, 3.63) is 75.0 Å². The lowest BCUT2D eigenvalue weighted by atomic mass is 10.0. The predicted molar refractivity (Wildman–Crippen MR) is 147 cm³/mol. The van der Waals surface area contributed by atoms with Gasteiger partial charge in [0.25, 0.3) is 0 Å². The number of carbonyl (C=O) groups excluding carboxylic acids is 1. The van der Waals surface area contributed by atoms with Crippen LogP contribution in [0.3, 0.4) is 0 Å². The summed E-state index contributed by atoms with van der Waals surface area (Å²) in [6.45, 7) is 2.05. The average Bonchev–Trinajstić information content (AvgIpc) is 2.93. The van der Waals surface area contributed by atoms with E-state index in [2.05, 4.69) is 9.97 Å². The van der Waals surface area contributed by atoms with Crippen molar-refractivity contribution in [2.45, 2.75) is 19.8 Å². The first-order valence-corrected chi connectivity index (χ1v) is 12.0. The molecule has 0 bridgehead atoms. The molecule has 0 radical (unpaired) electrons. The van der Waals surface area contributed by atoms with Gasteiger partial charge in [0.1, 0.15) is 0 Å². The molecule has 9 nitrogen and oxygen atoms in total. The molecule has 0 aliphatic rings. The van der Waals surface area contributed by atoms with Crippen molar-refractivity contribution in [3.63, 3.8) is 0 Å². The molecule has 0 amide bonds. The fourth-order valence-corrected chi connectivity index (χ4v) is 3.80. The van der Waals surface area contributed by atoms with E-state index in [0.717, 1.165) is 11.1 Å². The van der Waals surface area contributed by atoms with E-state index in [1.165, 1.54) is 0 Å². The summed E-state index contributed by atoms with van der Waals surface area (Å²) in [5, 5.41) is 0. The SMILES string of the molecule is CCOC(=O)CCc1c(/C=C/c2ccc(OC)c(OC)c2)nc(=O)[nH]c1/C=C/c1ccc(OC)c(OC)c1. The Hall–Kier alpha value is -4.53. The Bertz CT molecular complexity index is 1290. The molecular weight excluding hydrogens is 488 g/mol. The van der Waals surface area contributed by atoms with Crippen LogP contribution >= 0.6 is 0 Å². The zero-order chi connectivity index (χ0) is 27.5. The number of hydrogen-bond acceptors (Lipinski definition) is 8. The van der Waals surface area contributed by atoms with Crippen LogP contribution in [-0.2, 0) is 16.0 Å². The van der Waals surface area contributed by atoms with Crippen LogP contribution in [0.25, 0.3) is 24.3 Å². The summed E-state index contributed by atoms with van der Waals surface area (Å²) in [6, 6.07) is 11.0. The van der Waals surface area contributed by atoms with E-state index >= 15 is 0 Å². The highest BCUT2D eigenvalue weighted by Crippen LogP contribution is 2.30. The van der Waals surface area contributed by atoms with E-state index in [4.69, 9.17) is 23.7 Å². The maximum Gasteiger partial charge on any atom is 0.345 e. The Balaban J connectivity index is 2.02. The zero-order valence-corrected chi connectivity index (χ0v) is 22.2. The fourth-order valence-electron chi connectivity index (χ4n) is 3.80. The Labute approximate surface area is 221 Å². The van der Waals surface area contributed by atoms with Crippen LogP contribution < -0.4 is 24.6 Å². The van der Waals surface area contributed by atoms with Gasteiger partial charge in [-0.15, -0.1) is 0 Å². The second-order valence-corrected chi connectivity index (χ2v) is 8.02. The number of hydrogen-bond donors (Lipinski definition) is 1. The fraction of sp³-hybridized carbons (Fsp3) is 0.276. The molecule has 0 unspecified atom stereocenters. The van der Waals surface area contributed by atoms with Crippen LogP contribution in [0, 0.1) is 0 Å². The molecule has 0 spiro atoms. The highest BCUT2D eigenvalue weighted by molar-refractivity contribution is 5.76. The van der Waals surface area contributed by atoms with Gasteiger partial charge in [0.15, 0.2) is 23.0 Å². The number of carbonyl (C=O) groups is 1. The third kappa shape index (κ3) is 7.25. The molecule has 3 aromatic rings. The Morgan fingerprint density at radius 1 is 0.816 bits per heavy atom. The van der Waals surface area contributed by atoms with Gasteiger partial charge in [0.2, 0.25) is 0 Å². The highest BCUT2D eigenvalue weighted by Gasteiger charge is 2.13. The van der Waals surface area contributed by atoms with Crippen LogP contribution in [0.5, 0.6) is 23.0 Å². The van der Waals surface area contributed by atoms with Crippen molar-refractivity contribution in [2.24, 2.45) is 0 Å².